The summed E-state index contributed by atoms with van der Waals surface area (Å²) >= 11 is 1.51. The molecule has 1 aliphatic rings. The van der Waals surface area contributed by atoms with Gasteiger partial charge in [-0.3, -0.25) is 9.59 Å². The molecule has 1 fully saturated rings. The van der Waals surface area contributed by atoms with Crippen LogP contribution in [0.2, 0.25) is 0 Å². The van der Waals surface area contributed by atoms with Crippen LogP contribution in [0.3, 0.4) is 0 Å². The van der Waals surface area contributed by atoms with Crippen LogP contribution < -0.4 is 10.1 Å². The summed E-state index contributed by atoms with van der Waals surface area (Å²) in [6, 6.07) is 12.5. The Morgan fingerprint density at radius 1 is 1.17 bits per heavy atom. The molecule has 0 saturated carbocycles. The molecule has 0 unspecified atom stereocenters. The predicted molar refractivity (Wildman–Crippen MR) is 117 cm³/mol. The second kappa shape index (κ2) is 9.09. The van der Waals surface area contributed by atoms with Crippen LogP contribution in [-0.2, 0) is 6.61 Å². The van der Waals surface area contributed by atoms with Crippen molar-refractivity contribution in [1.82, 2.24) is 9.88 Å². The van der Waals surface area contributed by atoms with Gasteiger partial charge in [-0.2, -0.15) is 0 Å². The molecule has 0 bridgehead atoms. The maximum Gasteiger partial charge on any atom is 0.255 e. The van der Waals surface area contributed by atoms with E-state index in [9.17, 15) is 9.59 Å². The largest absolute Gasteiger partial charge is 0.487 e. The molecular formula is C23H23N3O3S. The summed E-state index contributed by atoms with van der Waals surface area (Å²) in [6.07, 6.45) is 2.09. The second-order valence-corrected chi connectivity index (χ2v) is 7.95. The Kier molecular flexibility index (Phi) is 6.09. The highest BCUT2D eigenvalue weighted by atomic mass is 32.1. The molecule has 4 rings (SSSR count). The zero-order valence-corrected chi connectivity index (χ0v) is 17.6. The quantitative estimate of drug-likeness (QED) is 0.635. The molecule has 2 amide bonds. The maximum absolute atomic E-state index is 12.8. The van der Waals surface area contributed by atoms with Crippen LogP contribution in [0.5, 0.6) is 5.75 Å². The first-order valence-corrected chi connectivity index (χ1v) is 10.9. The Hall–Kier alpha value is -3.19. The summed E-state index contributed by atoms with van der Waals surface area (Å²) in [7, 11) is 0. The lowest BCUT2D eigenvalue weighted by Crippen LogP contribution is -2.28. The minimum atomic E-state index is -0.247. The molecule has 3 aromatic rings. The molecule has 30 heavy (non-hydrogen) atoms. The molecule has 0 aliphatic carbocycles. The lowest BCUT2D eigenvalue weighted by molar-refractivity contribution is 0.0791. The number of carbonyl (C=O) groups excluding carboxylic acids is 2. The summed E-state index contributed by atoms with van der Waals surface area (Å²) in [5.74, 6) is 0.381. The highest BCUT2D eigenvalue weighted by Gasteiger charge is 2.22. The summed E-state index contributed by atoms with van der Waals surface area (Å²) in [5, 5.41) is 4.86. The van der Waals surface area contributed by atoms with E-state index in [1.807, 2.05) is 35.4 Å². The number of benzene rings is 2. The smallest absolute Gasteiger partial charge is 0.255 e. The molecule has 0 radical (unpaired) electrons. The van der Waals surface area contributed by atoms with E-state index in [0.717, 1.165) is 37.2 Å². The van der Waals surface area contributed by atoms with Crippen molar-refractivity contribution in [2.75, 3.05) is 18.4 Å². The van der Waals surface area contributed by atoms with Gasteiger partial charge in [0.15, 0.2) is 0 Å². The fourth-order valence-corrected chi connectivity index (χ4v) is 4.02. The van der Waals surface area contributed by atoms with Crippen LogP contribution in [0, 0.1) is 6.92 Å². The lowest BCUT2D eigenvalue weighted by Gasteiger charge is -2.18. The Labute approximate surface area is 179 Å². The summed E-state index contributed by atoms with van der Waals surface area (Å²) in [4.78, 5) is 31.7. The molecule has 2 heterocycles. The number of carbonyl (C=O) groups is 2. The number of hydrogen-bond donors (Lipinski definition) is 1. The van der Waals surface area contributed by atoms with E-state index in [-0.39, 0.29) is 11.8 Å². The summed E-state index contributed by atoms with van der Waals surface area (Å²) in [5.41, 5.74) is 5.15. The number of rotatable bonds is 6. The van der Waals surface area contributed by atoms with E-state index in [4.69, 9.17) is 4.74 Å². The lowest BCUT2D eigenvalue weighted by atomic mass is 10.0. The number of likely N-dealkylation sites (tertiary alicyclic amines) is 1. The molecule has 1 aromatic heterocycles. The van der Waals surface area contributed by atoms with Crippen molar-refractivity contribution in [2.45, 2.75) is 26.4 Å². The Morgan fingerprint density at radius 2 is 1.97 bits per heavy atom. The molecule has 0 atom stereocenters. The van der Waals surface area contributed by atoms with Gasteiger partial charge in [-0.1, -0.05) is 12.1 Å². The van der Waals surface area contributed by atoms with Crippen molar-refractivity contribution < 1.29 is 14.3 Å². The second-order valence-electron chi connectivity index (χ2n) is 7.23. The van der Waals surface area contributed by atoms with Gasteiger partial charge in [-0.25, -0.2) is 4.98 Å². The number of amides is 2. The van der Waals surface area contributed by atoms with Crippen LogP contribution in [0.25, 0.3) is 0 Å². The van der Waals surface area contributed by atoms with Gasteiger partial charge in [0.1, 0.15) is 12.4 Å². The molecule has 1 N–H and O–H groups in total. The fraction of sp³-hybridized carbons (Fsp3) is 0.261. The van der Waals surface area contributed by atoms with E-state index in [0.29, 0.717) is 29.2 Å². The Bertz CT molecular complexity index is 1040. The highest BCUT2D eigenvalue weighted by molar-refractivity contribution is 7.07. The van der Waals surface area contributed by atoms with Crippen LogP contribution in [0.15, 0.2) is 53.4 Å². The van der Waals surface area contributed by atoms with Gasteiger partial charge in [0.25, 0.3) is 11.8 Å². The molecule has 1 saturated heterocycles. The number of nitrogens with one attached hydrogen (secondary N) is 1. The van der Waals surface area contributed by atoms with Crippen LogP contribution in [-0.4, -0.2) is 34.8 Å². The molecule has 1 aliphatic heterocycles. The average molecular weight is 422 g/mol. The first-order chi connectivity index (χ1) is 14.6. The number of ether oxygens (including phenoxy) is 1. The molecule has 6 nitrogen and oxygen atoms in total. The third-order valence-corrected chi connectivity index (χ3v) is 5.81. The first-order valence-electron chi connectivity index (χ1n) is 9.92. The maximum atomic E-state index is 12.8. The van der Waals surface area contributed by atoms with Gasteiger partial charge in [0, 0.05) is 35.3 Å². The van der Waals surface area contributed by atoms with E-state index < -0.39 is 0 Å². The zero-order chi connectivity index (χ0) is 20.9. The van der Waals surface area contributed by atoms with E-state index in [2.05, 4.69) is 10.3 Å². The van der Waals surface area contributed by atoms with Crippen molar-refractivity contribution in [3.8, 4) is 5.75 Å². The summed E-state index contributed by atoms with van der Waals surface area (Å²) in [6.45, 7) is 3.81. The topological polar surface area (TPSA) is 71.5 Å². The fourth-order valence-electron chi connectivity index (χ4n) is 3.48. The standard InChI is InChI=1S/C23H23N3O3S/c1-16-20(23(28)26-10-2-3-11-26)8-5-9-21(16)25-22(27)17-6-4-7-19(12-17)29-13-18-14-30-15-24-18/h4-9,12,14-15H,2-3,10-11,13H2,1H3,(H,25,27). The predicted octanol–water partition coefficient (Wildman–Crippen LogP) is 4.52. The first kappa shape index (κ1) is 20.1. The normalized spacial score (nSPS) is 13.3. The van der Waals surface area contributed by atoms with Crippen LogP contribution >= 0.6 is 11.3 Å². The van der Waals surface area contributed by atoms with Gasteiger partial charge >= 0.3 is 0 Å². The number of thiazole rings is 1. The minimum Gasteiger partial charge on any atom is -0.487 e. The van der Waals surface area contributed by atoms with Crippen molar-refractivity contribution in [3.63, 3.8) is 0 Å². The number of nitrogens with zero attached hydrogens (tertiary/aromatic N) is 2. The number of anilines is 1. The Morgan fingerprint density at radius 3 is 2.73 bits per heavy atom. The molecule has 7 heteroatoms. The third-order valence-electron chi connectivity index (χ3n) is 5.17. The van der Waals surface area contributed by atoms with E-state index >= 15 is 0 Å². The monoisotopic (exact) mass is 421 g/mol. The van der Waals surface area contributed by atoms with E-state index in [1.54, 1.807) is 29.8 Å². The number of hydrogen-bond acceptors (Lipinski definition) is 5. The van der Waals surface area contributed by atoms with Crippen molar-refractivity contribution >= 4 is 28.8 Å². The van der Waals surface area contributed by atoms with Gasteiger partial charge < -0.3 is 15.0 Å². The summed E-state index contributed by atoms with van der Waals surface area (Å²) < 4.78 is 5.74. The van der Waals surface area contributed by atoms with Gasteiger partial charge in [-0.05, 0) is 55.7 Å². The highest BCUT2D eigenvalue weighted by Crippen LogP contribution is 2.23. The van der Waals surface area contributed by atoms with Crippen LogP contribution in [0.4, 0.5) is 5.69 Å². The van der Waals surface area contributed by atoms with Crippen molar-refractivity contribution in [2.24, 2.45) is 0 Å². The van der Waals surface area contributed by atoms with Crippen molar-refractivity contribution in [3.05, 3.63) is 75.7 Å². The molecule has 2 aromatic carbocycles. The van der Waals surface area contributed by atoms with Crippen LogP contribution in [0.1, 0.15) is 44.8 Å². The van der Waals surface area contributed by atoms with Gasteiger partial charge in [-0.15, -0.1) is 11.3 Å². The number of aromatic nitrogens is 1. The third kappa shape index (κ3) is 4.52. The Balaban J connectivity index is 1.46. The average Bonchev–Trinajstić information content (AvgIpc) is 3.48. The minimum absolute atomic E-state index is 0.0264. The zero-order valence-electron chi connectivity index (χ0n) is 16.8. The van der Waals surface area contributed by atoms with Crippen molar-refractivity contribution in [1.29, 1.82) is 0 Å². The molecule has 0 spiro atoms. The van der Waals surface area contributed by atoms with Gasteiger partial charge in [0.2, 0.25) is 0 Å². The molecular weight excluding hydrogens is 398 g/mol. The SMILES string of the molecule is Cc1c(NC(=O)c2cccc(OCc3cscn3)c2)cccc1C(=O)N1CCCC1. The van der Waals surface area contributed by atoms with E-state index in [1.165, 1.54) is 11.3 Å². The van der Waals surface area contributed by atoms with Gasteiger partial charge in [0.05, 0.1) is 11.2 Å². The molecule has 154 valence electrons.